The van der Waals surface area contributed by atoms with E-state index < -0.39 is 0 Å². The second-order valence-electron chi connectivity index (χ2n) is 4.48. The van der Waals surface area contributed by atoms with Crippen molar-refractivity contribution < 1.29 is 0 Å². The molecule has 2 unspecified atom stereocenters. The molecule has 80 valence electrons. The summed E-state index contributed by atoms with van der Waals surface area (Å²) in [6.07, 6.45) is 13.5. The molecule has 1 fully saturated rings. The lowest BCUT2D eigenvalue weighted by atomic mass is 9.84. The molecule has 0 spiro atoms. The van der Waals surface area contributed by atoms with Gasteiger partial charge in [-0.05, 0) is 32.1 Å². The molecule has 1 aliphatic rings. The predicted molar refractivity (Wildman–Crippen MR) is 62.1 cm³/mol. The highest BCUT2D eigenvalue weighted by atomic mass is 14.9. The van der Waals surface area contributed by atoms with Gasteiger partial charge in [-0.15, -0.1) is 6.42 Å². The molecular weight excluding hydrogens is 170 g/mol. The minimum Gasteiger partial charge on any atom is -0.301 e. The SMILES string of the molecule is C#CC(CC)NC(C)C1CCCCC1. The van der Waals surface area contributed by atoms with Crippen molar-refractivity contribution in [1.82, 2.24) is 5.32 Å². The van der Waals surface area contributed by atoms with Gasteiger partial charge in [-0.25, -0.2) is 0 Å². The summed E-state index contributed by atoms with van der Waals surface area (Å²) in [6, 6.07) is 0.864. The first-order chi connectivity index (χ1) is 6.77. The zero-order valence-corrected chi connectivity index (χ0v) is 9.55. The molecule has 0 saturated heterocycles. The predicted octanol–water partition coefficient (Wildman–Crippen LogP) is 2.96. The maximum absolute atomic E-state index is 5.45. The third kappa shape index (κ3) is 3.35. The van der Waals surface area contributed by atoms with Crippen LogP contribution in [0.5, 0.6) is 0 Å². The summed E-state index contributed by atoms with van der Waals surface area (Å²) in [5, 5.41) is 3.55. The quantitative estimate of drug-likeness (QED) is 0.677. The Morgan fingerprint density at radius 1 is 1.36 bits per heavy atom. The number of nitrogens with one attached hydrogen (secondary N) is 1. The fourth-order valence-corrected chi connectivity index (χ4v) is 2.37. The Bertz CT molecular complexity index is 186. The fraction of sp³-hybridized carbons (Fsp3) is 0.846. The molecular formula is C13H23N. The van der Waals surface area contributed by atoms with Crippen molar-refractivity contribution in [3.8, 4) is 12.3 Å². The van der Waals surface area contributed by atoms with Crippen LogP contribution in [0.25, 0.3) is 0 Å². The average Bonchev–Trinajstić information content (AvgIpc) is 2.26. The molecule has 0 heterocycles. The molecule has 0 aromatic carbocycles. The molecule has 1 aliphatic carbocycles. The van der Waals surface area contributed by atoms with E-state index in [2.05, 4.69) is 25.1 Å². The van der Waals surface area contributed by atoms with Crippen molar-refractivity contribution in [1.29, 1.82) is 0 Å². The third-order valence-corrected chi connectivity index (χ3v) is 3.43. The maximum Gasteiger partial charge on any atom is 0.0686 e. The van der Waals surface area contributed by atoms with E-state index in [0.717, 1.165) is 12.3 Å². The molecule has 14 heavy (non-hydrogen) atoms. The van der Waals surface area contributed by atoms with Crippen LogP contribution in [0.2, 0.25) is 0 Å². The Labute approximate surface area is 88.7 Å². The Hall–Kier alpha value is -0.480. The number of hydrogen-bond acceptors (Lipinski definition) is 1. The monoisotopic (exact) mass is 193 g/mol. The van der Waals surface area contributed by atoms with E-state index in [-0.39, 0.29) is 6.04 Å². The molecule has 2 atom stereocenters. The molecule has 1 N–H and O–H groups in total. The molecule has 0 bridgehead atoms. The van der Waals surface area contributed by atoms with Crippen LogP contribution in [0, 0.1) is 18.3 Å². The first kappa shape index (κ1) is 11.6. The molecule has 1 nitrogen and oxygen atoms in total. The van der Waals surface area contributed by atoms with Gasteiger partial charge in [0.2, 0.25) is 0 Å². The summed E-state index contributed by atoms with van der Waals surface area (Å²) in [5.41, 5.74) is 0. The summed E-state index contributed by atoms with van der Waals surface area (Å²) >= 11 is 0. The van der Waals surface area contributed by atoms with E-state index in [4.69, 9.17) is 6.42 Å². The average molecular weight is 193 g/mol. The van der Waals surface area contributed by atoms with Crippen LogP contribution >= 0.6 is 0 Å². The largest absolute Gasteiger partial charge is 0.301 e. The third-order valence-electron chi connectivity index (χ3n) is 3.43. The molecule has 1 rings (SSSR count). The van der Waals surface area contributed by atoms with Crippen molar-refractivity contribution >= 4 is 0 Å². The number of rotatable bonds is 4. The van der Waals surface area contributed by atoms with E-state index >= 15 is 0 Å². The van der Waals surface area contributed by atoms with Crippen LogP contribution in [-0.2, 0) is 0 Å². The van der Waals surface area contributed by atoms with Gasteiger partial charge >= 0.3 is 0 Å². The molecule has 0 aromatic heterocycles. The lowest BCUT2D eigenvalue weighted by Gasteiger charge is -2.30. The highest BCUT2D eigenvalue weighted by molar-refractivity contribution is 4.99. The topological polar surface area (TPSA) is 12.0 Å². The van der Waals surface area contributed by atoms with E-state index in [0.29, 0.717) is 6.04 Å². The Balaban J connectivity index is 2.32. The van der Waals surface area contributed by atoms with Crippen molar-refractivity contribution in [2.75, 3.05) is 0 Å². The normalized spacial score (nSPS) is 22.6. The summed E-state index contributed by atoms with van der Waals surface area (Å²) < 4.78 is 0. The van der Waals surface area contributed by atoms with Gasteiger partial charge in [0.15, 0.2) is 0 Å². The Kier molecular flexibility index (Phi) is 5.04. The van der Waals surface area contributed by atoms with Gasteiger partial charge in [-0.1, -0.05) is 32.1 Å². The van der Waals surface area contributed by atoms with Crippen LogP contribution in [0.4, 0.5) is 0 Å². The molecule has 0 amide bonds. The zero-order valence-electron chi connectivity index (χ0n) is 9.55. The van der Waals surface area contributed by atoms with Crippen molar-refractivity contribution in [3.05, 3.63) is 0 Å². The maximum atomic E-state index is 5.45. The van der Waals surface area contributed by atoms with Crippen LogP contribution in [0.1, 0.15) is 52.4 Å². The van der Waals surface area contributed by atoms with Gasteiger partial charge in [0.05, 0.1) is 6.04 Å². The van der Waals surface area contributed by atoms with Crippen LogP contribution < -0.4 is 5.32 Å². The molecule has 1 heteroatoms. The lowest BCUT2D eigenvalue weighted by molar-refractivity contribution is 0.273. The summed E-state index contributed by atoms with van der Waals surface area (Å²) in [6.45, 7) is 4.43. The Morgan fingerprint density at radius 3 is 2.50 bits per heavy atom. The van der Waals surface area contributed by atoms with Gasteiger partial charge in [-0.3, -0.25) is 0 Å². The van der Waals surface area contributed by atoms with Crippen molar-refractivity contribution in [2.24, 2.45) is 5.92 Å². The van der Waals surface area contributed by atoms with Crippen molar-refractivity contribution in [3.63, 3.8) is 0 Å². The first-order valence-electron chi connectivity index (χ1n) is 6.00. The molecule has 0 aliphatic heterocycles. The van der Waals surface area contributed by atoms with E-state index in [1.807, 2.05) is 0 Å². The van der Waals surface area contributed by atoms with Gasteiger partial charge in [0.1, 0.15) is 0 Å². The van der Waals surface area contributed by atoms with Gasteiger partial charge < -0.3 is 5.32 Å². The Morgan fingerprint density at radius 2 is 2.00 bits per heavy atom. The smallest absolute Gasteiger partial charge is 0.0686 e. The van der Waals surface area contributed by atoms with Crippen LogP contribution in [0.3, 0.4) is 0 Å². The summed E-state index contributed by atoms with van der Waals surface area (Å²) in [7, 11) is 0. The van der Waals surface area contributed by atoms with Crippen LogP contribution in [-0.4, -0.2) is 12.1 Å². The highest BCUT2D eigenvalue weighted by Crippen LogP contribution is 2.26. The molecule has 0 aromatic rings. The minimum absolute atomic E-state index is 0.270. The number of hydrogen-bond donors (Lipinski definition) is 1. The van der Waals surface area contributed by atoms with Crippen molar-refractivity contribution in [2.45, 2.75) is 64.5 Å². The highest BCUT2D eigenvalue weighted by Gasteiger charge is 2.20. The van der Waals surface area contributed by atoms with Crippen LogP contribution in [0.15, 0.2) is 0 Å². The standard InChI is InChI=1S/C13H23N/c1-4-13(5-2)14-11(3)12-9-7-6-8-10-12/h1,11-14H,5-10H2,2-3H3. The number of terminal acetylenes is 1. The zero-order chi connectivity index (χ0) is 10.4. The van der Waals surface area contributed by atoms with Gasteiger partial charge in [0, 0.05) is 6.04 Å². The van der Waals surface area contributed by atoms with E-state index in [1.54, 1.807) is 0 Å². The first-order valence-corrected chi connectivity index (χ1v) is 6.00. The van der Waals surface area contributed by atoms with Gasteiger partial charge in [-0.2, -0.15) is 0 Å². The molecule has 1 saturated carbocycles. The minimum atomic E-state index is 0.270. The fourth-order valence-electron chi connectivity index (χ4n) is 2.37. The summed E-state index contributed by atoms with van der Waals surface area (Å²) in [4.78, 5) is 0. The summed E-state index contributed by atoms with van der Waals surface area (Å²) in [5.74, 6) is 3.66. The van der Waals surface area contributed by atoms with Gasteiger partial charge in [0.25, 0.3) is 0 Å². The second-order valence-corrected chi connectivity index (χ2v) is 4.48. The molecule has 0 radical (unpaired) electrons. The van der Waals surface area contributed by atoms with E-state index in [1.165, 1.54) is 32.1 Å². The second kappa shape index (κ2) is 6.09. The lowest BCUT2D eigenvalue weighted by Crippen LogP contribution is -2.40. The van der Waals surface area contributed by atoms with E-state index in [9.17, 15) is 0 Å².